The normalized spacial score (nSPS) is 19.2. The third-order valence-corrected chi connectivity index (χ3v) is 4.25. The number of thiophene rings is 1. The number of halogens is 1. The molecule has 1 N–H and O–H groups in total. The van der Waals surface area contributed by atoms with Gasteiger partial charge in [0, 0.05) is 11.3 Å². The van der Waals surface area contributed by atoms with Crippen LogP contribution in [0.4, 0.5) is 0 Å². The molecule has 0 saturated carbocycles. The van der Waals surface area contributed by atoms with Crippen molar-refractivity contribution in [3.63, 3.8) is 0 Å². The largest absolute Gasteiger partial charge is 0.486 e. The van der Waals surface area contributed by atoms with E-state index in [9.17, 15) is 5.11 Å². The third kappa shape index (κ3) is 2.86. The Labute approximate surface area is 120 Å². The van der Waals surface area contributed by atoms with Crippen molar-refractivity contribution in [2.75, 3.05) is 6.61 Å². The van der Waals surface area contributed by atoms with Crippen molar-refractivity contribution in [3.8, 4) is 11.5 Å². The molecule has 2 unspecified atom stereocenters. The zero-order valence-electron chi connectivity index (χ0n) is 10.1. The van der Waals surface area contributed by atoms with Gasteiger partial charge in [-0.05, 0) is 24.3 Å². The van der Waals surface area contributed by atoms with Crippen LogP contribution in [-0.2, 0) is 6.42 Å². The van der Waals surface area contributed by atoms with E-state index in [-0.39, 0.29) is 6.10 Å². The van der Waals surface area contributed by atoms with Gasteiger partial charge in [-0.1, -0.05) is 23.7 Å². The summed E-state index contributed by atoms with van der Waals surface area (Å²) in [4.78, 5) is 1.04. The summed E-state index contributed by atoms with van der Waals surface area (Å²) in [7, 11) is 0. The van der Waals surface area contributed by atoms with E-state index in [2.05, 4.69) is 0 Å². The molecule has 3 nitrogen and oxygen atoms in total. The molecule has 2 heterocycles. The smallest absolute Gasteiger partial charge is 0.161 e. The molecule has 1 aromatic heterocycles. The summed E-state index contributed by atoms with van der Waals surface area (Å²) in [5.74, 6) is 1.41. The summed E-state index contributed by atoms with van der Waals surface area (Å²) < 4.78 is 12.1. The van der Waals surface area contributed by atoms with Gasteiger partial charge in [0.25, 0.3) is 0 Å². The zero-order valence-corrected chi connectivity index (χ0v) is 11.7. The van der Waals surface area contributed by atoms with Gasteiger partial charge in [-0.25, -0.2) is 0 Å². The van der Waals surface area contributed by atoms with Crippen molar-refractivity contribution in [2.45, 2.75) is 18.6 Å². The topological polar surface area (TPSA) is 38.7 Å². The second kappa shape index (κ2) is 5.41. The molecule has 0 radical (unpaired) electrons. The van der Waals surface area contributed by atoms with E-state index >= 15 is 0 Å². The number of para-hydroxylation sites is 2. The van der Waals surface area contributed by atoms with Gasteiger partial charge in [-0.15, -0.1) is 11.3 Å². The van der Waals surface area contributed by atoms with Crippen LogP contribution < -0.4 is 9.47 Å². The molecule has 2 aromatic rings. The van der Waals surface area contributed by atoms with Crippen LogP contribution in [0.1, 0.15) is 4.88 Å². The minimum Gasteiger partial charge on any atom is -0.486 e. The molecule has 19 heavy (non-hydrogen) atoms. The minimum absolute atomic E-state index is 0.351. The fraction of sp³-hybridized carbons (Fsp3) is 0.286. The predicted octanol–water partition coefficient (Wildman–Crippen LogP) is 3.14. The van der Waals surface area contributed by atoms with Gasteiger partial charge in [0.05, 0.1) is 10.4 Å². The SMILES string of the molecule is OC(Cc1ccc(Cl)s1)C1COc2ccccc2O1. The van der Waals surface area contributed by atoms with Crippen molar-refractivity contribution in [2.24, 2.45) is 0 Å². The van der Waals surface area contributed by atoms with E-state index in [0.717, 1.165) is 15.0 Å². The number of aliphatic hydroxyl groups excluding tert-OH is 1. The first kappa shape index (κ1) is 12.8. The maximum absolute atomic E-state index is 10.2. The van der Waals surface area contributed by atoms with E-state index in [4.69, 9.17) is 21.1 Å². The van der Waals surface area contributed by atoms with Crippen molar-refractivity contribution in [1.29, 1.82) is 0 Å². The maximum Gasteiger partial charge on any atom is 0.161 e. The van der Waals surface area contributed by atoms with Gasteiger partial charge in [0.2, 0.25) is 0 Å². The molecular weight excluding hydrogens is 284 g/mol. The van der Waals surface area contributed by atoms with Crippen molar-refractivity contribution >= 4 is 22.9 Å². The molecule has 0 spiro atoms. The van der Waals surface area contributed by atoms with Crippen LogP contribution in [0.3, 0.4) is 0 Å². The highest BCUT2D eigenvalue weighted by atomic mass is 35.5. The third-order valence-electron chi connectivity index (χ3n) is 3.00. The second-order valence-electron chi connectivity index (χ2n) is 4.39. The Balaban J connectivity index is 1.67. The number of hydrogen-bond donors (Lipinski definition) is 1. The van der Waals surface area contributed by atoms with Crippen molar-refractivity contribution in [3.05, 3.63) is 45.6 Å². The van der Waals surface area contributed by atoms with E-state index in [1.165, 1.54) is 11.3 Å². The van der Waals surface area contributed by atoms with Gasteiger partial charge in [0.15, 0.2) is 17.6 Å². The highest BCUT2D eigenvalue weighted by Gasteiger charge is 2.27. The molecule has 100 valence electrons. The van der Waals surface area contributed by atoms with E-state index in [0.29, 0.717) is 18.8 Å². The lowest BCUT2D eigenvalue weighted by Crippen LogP contribution is -2.40. The number of rotatable bonds is 3. The van der Waals surface area contributed by atoms with E-state index in [1.807, 2.05) is 36.4 Å². The van der Waals surface area contributed by atoms with Crippen molar-refractivity contribution in [1.82, 2.24) is 0 Å². The standard InChI is InChI=1S/C14H13ClO3S/c15-14-6-5-9(19-14)7-10(16)13-8-17-11-3-1-2-4-12(11)18-13/h1-6,10,13,16H,7-8H2. The lowest BCUT2D eigenvalue weighted by atomic mass is 10.1. The number of benzene rings is 1. The van der Waals surface area contributed by atoms with Crippen LogP contribution in [0.25, 0.3) is 0 Å². The Morgan fingerprint density at radius 3 is 2.79 bits per heavy atom. The number of aliphatic hydroxyl groups is 1. The van der Waals surface area contributed by atoms with Gasteiger partial charge in [0.1, 0.15) is 6.61 Å². The summed E-state index contributed by atoms with van der Waals surface area (Å²) in [6.45, 7) is 0.358. The minimum atomic E-state index is -0.608. The highest BCUT2D eigenvalue weighted by molar-refractivity contribution is 7.16. The van der Waals surface area contributed by atoms with Gasteiger partial charge in [-0.3, -0.25) is 0 Å². The number of ether oxygens (including phenoxy) is 2. The molecule has 1 aromatic carbocycles. The monoisotopic (exact) mass is 296 g/mol. The molecule has 0 saturated heterocycles. The fourth-order valence-electron chi connectivity index (χ4n) is 2.02. The van der Waals surface area contributed by atoms with Crippen LogP contribution in [-0.4, -0.2) is 23.9 Å². The summed E-state index contributed by atoms with van der Waals surface area (Å²) in [6, 6.07) is 11.2. The molecule has 3 rings (SSSR count). The first-order valence-corrected chi connectivity index (χ1v) is 7.22. The lowest BCUT2D eigenvalue weighted by Gasteiger charge is -2.29. The average Bonchev–Trinajstić information content (AvgIpc) is 2.83. The van der Waals surface area contributed by atoms with Gasteiger partial charge >= 0.3 is 0 Å². The molecule has 2 atom stereocenters. The lowest BCUT2D eigenvalue weighted by molar-refractivity contribution is -0.00907. The average molecular weight is 297 g/mol. The van der Waals surface area contributed by atoms with Crippen LogP contribution in [0, 0.1) is 0 Å². The van der Waals surface area contributed by atoms with Crippen LogP contribution in [0.5, 0.6) is 11.5 Å². The molecule has 0 fully saturated rings. The first-order chi connectivity index (χ1) is 9.22. The summed E-state index contributed by atoms with van der Waals surface area (Å²) in [5.41, 5.74) is 0. The molecule has 0 amide bonds. The highest BCUT2D eigenvalue weighted by Crippen LogP contribution is 2.32. The first-order valence-electron chi connectivity index (χ1n) is 6.03. The second-order valence-corrected chi connectivity index (χ2v) is 6.19. The van der Waals surface area contributed by atoms with Gasteiger partial charge < -0.3 is 14.6 Å². The summed E-state index contributed by atoms with van der Waals surface area (Å²) in [6.07, 6.45) is -0.438. The fourth-order valence-corrected chi connectivity index (χ4v) is 3.16. The maximum atomic E-state index is 10.2. The quantitative estimate of drug-likeness (QED) is 0.945. The Morgan fingerprint density at radius 1 is 1.26 bits per heavy atom. The van der Waals surface area contributed by atoms with Crippen LogP contribution in [0.2, 0.25) is 4.34 Å². The number of hydrogen-bond acceptors (Lipinski definition) is 4. The summed E-state index contributed by atoms with van der Waals surface area (Å²) in [5, 5.41) is 10.2. The Hall–Kier alpha value is -1.23. The molecule has 1 aliphatic heterocycles. The van der Waals surface area contributed by atoms with Crippen molar-refractivity contribution < 1.29 is 14.6 Å². The Kier molecular flexibility index (Phi) is 3.64. The van der Waals surface area contributed by atoms with E-state index in [1.54, 1.807) is 0 Å². The molecule has 0 aliphatic carbocycles. The Bertz CT molecular complexity index is 569. The molecule has 1 aliphatic rings. The number of fused-ring (bicyclic) bond motifs is 1. The Morgan fingerprint density at radius 2 is 2.05 bits per heavy atom. The van der Waals surface area contributed by atoms with E-state index < -0.39 is 6.10 Å². The zero-order chi connectivity index (χ0) is 13.2. The molecule has 0 bridgehead atoms. The molecular formula is C14H13ClO3S. The van der Waals surface area contributed by atoms with Gasteiger partial charge in [-0.2, -0.15) is 0 Å². The van der Waals surface area contributed by atoms with Crippen LogP contribution >= 0.6 is 22.9 Å². The molecule has 5 heteroatoms. The summed E-state index contributed by atoms with van der Waals surface area (Å²) >= 11 is 7.35. The predicted molar refractivity (Wildman–Crippen MR) is 75.4 cm³/mol. The van der Waals surface area contributed by atoms with Crippen LogP contribution in [0.15, 0.2) is 36.4 Å².